The average molecular weight is 388 g/mol. The predicted molar refractivity (Wildman–Crippen MR) is 104 cm³/mol. The van der Waals surface area contributed by atoms with Gasteiger partial charge in [-0.1, -0.05) is 29.8 Å². The zero-order valence-corrected chi connectivity index (χ0v) is 16.0. The zero-order chi connectivity index (χ0) is 19.2. The molecule has 3 rings (SSSR count). The Kier molecular flexibility index (Phi) is 6.35. The molecule has 1 N–H and O–H groups in total. The van der Waals surface area contributed by atoms with E-state index < -0.39 is 11.9 Å². The van der Waals surface area contributed by atoms with Crippen molar-refractivity contribution in [1.82, 2.24) is 0 Å². The molecule has 0 heterocycles. The molecule has 0 aromatic heterocycles. The summed E-state index contributed by atoms with van der Waals surface area (Å²) in [5.41, 5.74) is 4.03. The maximum Gasteiger partial charge on any atom is 0.310 e. The Morgan fingerprint density at radius 1 is 1.07 bits per heavy atom. The molecular formula is C21H22ClNO4. The smallest absolute Gasteiger partial charge is 0.310 e. The molecule has 0 fully saturated rings. The van der Waals surface area contributed by atoms with E-state index in [1.807, 2.05) is 6.07 Å². The number of hydrogen-bond acceptors (Lipinski definition) is 4. The van der Waals surface area contributed by atoms with Crippen LogP contribution < -0.4 is 10.1 Å². The minimum Gasteiger partial charge on any atom is -0.495 e. The predicted octanol–water partition coefficient (Wildman–Crippen LogP) is 3.95. The fourth-order valence-electron chi connectivity index (χ4n) is 3.22. The van der Waals surface area contributed by atoms with E-state index >= 15 is 0 Å². The summed E-state index contributed by atoms with van der Waals surface area (Å²) in [7, 11) is 1.50. The standard InChI is InChI=1S/C21H22ClNO4/c1-26-19-9-8-17(22)12-18(19)23-20(24)13-27-21(25)11-14-6-7-15-4-2-3-5-16(15)10-14/h6-10,12H,2-5,11,13H2,1H3,(H,23,24). The van der Waals surface area contributed by atoms with E-state index in [0.717, 1.165) is 18.4 Å². The number of fused-ring (bicyclic) bond motifs is 1. The maximum absolute atomic E-state index is 12.1. The molecule has 0 spiro atoms. The van der Waals surface area contributed by atoms with Crippen LogP contribution in [0.4, 0.5) is 5.69 Å². The molecule has 6 heteroatoms. The number of halogens is 1. The van der Waals surface area contributed by atoms with E-state index in [-0.39, 0.29) is 13.0 Å². The largest absolute Gasteiger partial charge is 0.495 e. The van der Waals surface area contributed by atoms with Gasteiger partial charge in [0.2, 0.25) is 0 Å². The quantitative estimate of drug-likeness (QED) is 0.762. The third-order valence-electron chi connectivity index (χ3n) is 4.56. The summed E-state index contributed by atoms with van der Waals surface area (Å²) in [6, 6.07) is 11.0. The second-order valence-corrected chi connectivity index (χ2v) is 6.98. The van der Waals surface area contributed by atoms with Crippen molar-refractivity contribution in [2.75, 3.05) is 19.0 Å². The minimum absolute atomic E-state index is 0.154. The van der Waals surface area contributed by atoms with Gasteiger partial charge in [0.25, 0.3) is 5.91 Å². The van der Waals surface area contributed by atoms with E-state index in [4.69, 9.17) is 21.1 Å². The first-order valence-corrected chi connectivity index (χ1v) is 9.32. The van der Waals surface area contributed by atoms with E-state index in [2.05, 4.69) is 17.4 Å². The van der Waals surface area contributed by atoms with E-state index in [1.165, 1.54) is 31.1 Å². The maximum atomic E-state index is 12.1. The summed E-state index contributed by atoms with van der Waals surface area (Å²) in [5, 5.41) is 3.10. The van der Waals surface area contributed by atoms with Crippen molar-refractivity contribution < 1.29 is 19.1 Å². The van der Waals surface area contributed by atoms with E-state index in [0.29, 0.717) is 16.5 Å². The number of nitrogens with one attached hydrogen (secondary N) is 1. The molecule has 27 heavy (non-hydrogen) atoms. The molecule has 2 aromatic rings. The molecule has 0 bridgehead atoms. The highest BCUT2D eigenvalue weighted by Gasteiger charge is 2.14. The number of carbonyl (C=O) groups is 2. The Labute approximate surface area is 163 Å². The van der Waals surface area contributed by atoms with Gasteiger partial charge in [-0.3, -0.25) is 9.59 Å². The molecule has 142 valence electrons. The summed E-state index contributed by atoms with van der Waals surface area (Å²) in [4.78, 5) is 24.1. The van der Waals surface area contributed by atoms with Crippen molar-refractivity contribution in [1.29, 1.82) is 0 Å². The van der Waals surface area contributed by atoms with Crippen molar-refractivity contribution >= 4 is 29.2 Å². The number of rotatable bonds is 6. The monoisotopic (exact) mass is 387 g/mol. The number of benzene rings is 2. The van der Waals surface area contributed by atoms with Crippen LogP contribution in [0, 0.1) is 0 Å². The lowest BCUT2D eigenvalue weighted by Crippen LogP contribution is -2.22. The Morgan fingerprint density at radius 2 is 1.85 bits per heavy atom. The molecule has 1 aliphatic carbocycles. The summed E-state index contributed by atoms with van der Waals surface area (Å²) in [6.45, 7) is -0.362. The summed E-state index contributed by atoms with van der Waals surface area (Å²) >= 11 is 5.93. The van der Waals surface area contributed by atoms with Gasteiger partial charge in [-0.25, -0.2) is 0 Å². The third kappa shape index (κ3) is 5.23. The summed E-state index contributed by atoms with van der Waals surface area (Å²) in [6.07, 6.45) is 4.73. The molecule has 0 aliphatic heterocycles. The van der Waals surface area contributed by atoms with Gasteiger partial charge in [-0.05, 0) is 60.6 Å². The normalized spacial score (nSPS) is 12.8. The second kappa shape index (κ2) is 8.91. The zero-order valence-electron chi connectivity index (χ0n) is 15.2. The van der Waals surface area contributed by atoms with Crippen LogP contribution in [0.3, 0.4) is 0 Å². The number of amides is 1. The molecule has 0 atom stereocenters. The number of ether oxygens (including phenoxy) is 2. The highest BCUT2D eigenvalue weighted by atomic mass is 35.5. The number of hydrogen-bond donors (Lipinski definition) is 1. The van der Waals surface area contributed by atoms with E-state index in [1.54, 1.807) is 18.2 Å². The van der Waals surface area contributed by atoms with Crippen LogP contribution in [0.2, 0.25) is 5.02 Å². The molecule has 1 aliphatic rings. The van der Waals surface area contributed by atoms with Crippen LogP contribution in [0.15, 0.2) is 36.4 Å². The molecule has 5 nitrogen and oxygen atoms in total. The molecule has 0 saturated carbocycles. The van der Waals surface area contributed by atoms with Crippen molar-refractivity contribution in [3.05, 3.63) is 58.1 Å². The Balaban J connectivity index is 1.52. The van der Waals surface area contributed by atoms with Gasteiger partial charge in [-0.2, -0.15) is 0 Å². The molecule has 0 saturated heterocycles. The Bertz CT molecular complexity index is 850. The summed E-state index contributed by atoms with van der Waals surface area (Å²) < 4.78 is 10.3. The molecule has 0 radical (unpaired) electrons. The van der Waals surface area contributed by atoms with Crippen LogP contribution in [0.1, 0.15) is 29.5 Å². The van der Waals surface area contributed by atoms with Crippen LogP contribution in [0.25, 0.3) is 0 Å². The topological polar surface area (TPSA) is 64.6 Å². The van der Waals surface area contributed by atoms with Crippen molar-refractivity contribution in [2.45, 2.75) is 32.1 Å². The average Bonchev–Trinajstić information content (AvgIpc) is 2.66. The van der Waals surface area contributed by atoms with Crippen LogP contribution in [0.5, 0.6) is 5.75 Å². The fraction of sp³-hybridized carbons (Fsp3) is 0.333. The van der Waals surface area contributed by atoms with Gasteiger partial charge in [0, 0.05) is 5.02 Å². The van der Waals surface area contributed by atoms with Gasteiger partial charge >= 0.3 is 5.97 Å². The van der Waals surface area contributed by atoms with Gasteiger partial charge in [-0.15, -0.1) is 0 Å². The SMILES string of the molecule is COc1ccc(Cl)cc1NC(=O)COC(=O)Cc1ccc2c(c1)CCCC2. The summed E-state index contributed by atoms with van der Waals surface area (Å²) in [5.74, 6) is -0.401. The molecular weight excluding hydrogens is 366 g/mol. The van der Waals surface area contributed by atoms with Gasteiger partial charge < -0.3 is 14.8 Å². The lowest BCUT2D eigenvalue weighted by Gasteiger charge is -2.16. The van der Waals surface area contributed by atoms with Crippen molar-refractivity contribution in [3.63, 3.8) is 0 Å². The van der Waals surface area contributed by atoms with Crippen molar-refractivity contribution in [3.8, 4) is 5.75 Å². The number of esters is 1. The van der Waals surface area contributed by atoms with Gasteiger partial charge in [0.1, 0.15) is 5.75 Å². The number of carbonyl (C=O) groups excluding carboxylic acids is 2. The second-order valence-electron chi connectivity index (χ2n) is 6.54. The highest BCUT2D eigenvalue weighted by Crippen LogP contribution is 2.27. The first-order valence-electron chi connectivity index (χ1n) is 8.95. The van der Waals surface area contributed by atoms with Crippen LogP contribution >= 0.6 is 11.6 Å². The molecule has 1 amide bonds. The number of aryl methyl sites for hydroxylation is 2. The van der Waals surface area contributed by atoms with Gasteiger partial charge in [0.05, 0.1) is 19.2 Å². The Hall–Kier alpha value is -2.53. The molecule has 0 unspecified atom stereocenters. The first kappa shape index (κ1) is 19.2. The van der Waals surface area contributed by atoms with Crippen molar-refractivity contribution in [2.24, 2.45) is 0 Å². The lowest BCUT2D eigenvalue weighted by molar-refractivity contribution is -0.146. The minimum atomic E-state index is -0.450. The van der Waals surface area contributed by atoms with E-state index in [9.17, 15) is 9.59 Å². The fourth-order valence-corrected chi connectivity index (χ4v) is 3.40. The van der Waals surface area contributed by atoms with Gasteiger partial charge in [0.15, 0.2) is 6.61 Å². The molecule has 2 aromatic carbocycles. The Morgan fingerprint density at radius 3 is 2.63 bits per heavy atom. The van der Waals surface area contributed by atoms with Crippen LogP contribution in [-0.2, 0) is 33.6 Å². The van der Waals surface area contributed by atoms with Crippen LogP contribution in [-0.4, -0.2) is 25.6 Å². The first-order chi connectivity index (χ1) is 13.0. The highest BCUT2D eigenvalue weighted by molar-refractivity contribution is 6.31. The number of anilines is 1. The third-order valence-corrected chi connectivity index (χ3v) is 4.80. The number of methoxy groups -OCH3 is 1. The lowest BCUT2D eigenvalue weighted by atomic mass is 9.90.